The average molecular weight is 513 g/mol. The largest absolute Gasteiger partial charge is 0.373 e. The molecule has 1 aromatic rings. The molecule has 162 valence electrons. The van der Waals surface area contributed by atoms with Crippen molar-refractivity contribution in [1.29, 1.82) is 0 Å². The summed E-state index contributed by atoms with van der Waals surface area (Å²) in [6, 6.07) is 11.9. The molecule has 0 aromatic heterocycles. The van der Waals surface area contributed by atoms with Gasteiger partial charge in [-0.25, -0.2) is 0 Å². The molecule has 2 unspecified atom stereocenters. The van der Waals surface area contributed by atoms with E-state index in [0.29, 0.717) is 12.1 Å². The molecule has 2 N–H and O–H groups in total. The Bertz CT molecular complexity index is 635. The van der Waals surface area contributed by atoms with Gasteiger partial charge >= 0.3 is 0 Å². The van der Waals surface area contributed by atoms with Crippen LogP contribution in [-0.4, -0.2) is 80.3 Å². The molecule has 7 heteroatoms. The highest BCUT2D eigenvalue weighted by molar-refractivity contribution is 14.0. The van der Waals surface area contributed by atoms with Gasteiger partial charge in [0.25, 0.3) is 0 Å². The Morgan fingerprint density at radius 1 is 1.14 bits per heavy atom. The second-order valence-corrected chi connectivity index (χ2v) is 8.38. The molecule has 0 bridgehead atoms. The van der Waals surface area contributed by atoms with Crippen LogP contribution in [-0.2, 0) is 11.3 Å². The molecule has 3 aliphatic heterocycles. The molecule has 2 atom stereocenters. The average Bonchev–Trinajstić information content (AvgIpc) is 3.21. The first kappa shape index (κ1) is 22.8. The quantitative estimate of drug-likeness (QED) is 0.360. The SMILES string of the molecule is CN=C(NCC1CN2CCCC2CO1)NC1CCN(Cc2ccccc2)CC1.I. The zero-order valence-electron chi connectivity index (χ0n) is 17.6. The summed E-state index contributed by atoms with van der Waals surface area (Å²) >= 11 is 0. The number of nitrogens with zero attached hydrogens (tertiary/aromatic N) is 3. The van der Waals surface area contributed by atoms with Crippen molar-refractivity contribution >= 4 is 29.9 Å². The number of hydrogen-bond donors (Lipinski definition) is 2. The normalized spacial score (nSPS) is 26.6. The maximum atomic E-state index is 6.05. The van der Waals surface area contributed by atoms with E-state index in [9.17, 15) is 0 Å². The van der Waals surface area contributed by atoms with Crippen molar-refractivity contribution in [3.05, 3.63) is 35.9 Å². The summed E-state index contributed by atoms with van der Waals surface area (Å²) in [6.45, 7) is 7.31. The van der Waals surface area contributed by atoms with Crippen molar-refractivity contribution in [3.8, 4) is 0 Å². The van der Waals surface area contributed by atoms with Crippen molar-refractivity contribution in [2.45, 2.75) is 50.4 Å². The number of piperidine rings is 1. The molecule has 1 aromatic carbocycles. The molecule has 0 amide bonds. The Hall–Kier alpha value is -0.900. The third-order valence-electron chi connectivity index (χ3n) is 6.36. The molecule has 0 saturated carbocycles. The van der Waals surface area contributed by atoms with Crippen molar-refractivity contribution in [3.63, 3.8) is 0 Å². The number of rotatable bonds is 5. The van der Waals surface area contributed by atoms with Crippen molar-refractivity contribution in [2.24, 2.45) is 4.99 Å². The van der Waals surface area contributed by atoms with Crippen LogP contribution in [0.4, 0.5) is 0 Å². The van der Waals surface area contributed by atoms with E-state index in [1.807, 2.05) is 7.05 Å². The van der Waals surface area contributed by atoms with Crippen LogP contribution in [0.1, 0.15) is 31.2 Å². The lowest BCUT2D eigenvalue weighted by Crippen LogP contribution is -2.53. The lowest BCUT2D eigenvalue weighted by Gasteiger charge is -2.36. The van der Waals surface area contributed by atoms with Gasteiger partial charge in [-0.05, 0) is 37.8 Å². The zero-order chi connectivity index (χ0) is 19.2. The number of hydrogen-bond acceptors (Lipinski definition) is 4. The van der Waals surface area contributed by atoms with E-state index in [2.05, 4.69) is 55.8 Å². The van der Waals surface area contributed by atoms with Gasteiger partial charge in [0.1, 0.15) is 0 Å². The smallest absolute Gasteiger partial charge is 0.191 e. The van der Waals surface area contributed by atoms with Crippen LogP contribution in [0.5, 0.6) is 0 Å². The Labute approximate surface area is 192 Å². The Balaban J connectivity index is 0.00000240. The second-order valence-electron chi connectivity index (χ2n) is 8.38. The zero-order valence-corrected chi connectivity index (χ0v) is 19.9. The number of nitrogens with one attached hydrogen (secondary N) is 2. The second kappa shape index (κ2) is 11.5. The van der Waals surface area contributed by atoms with Gasteiger partial charge in [-0.1, -0.05) is 30.3 Å². The predicted molar refractivity (Wildman–Crippen MR) is 129 cm³/mol. The summed E-state index contributed by atoms with van der Waals surface area (Å²) in [5.74, 6) is 0.911. The van der Waals surface area contributed by atoms with Gasteiger partial charge in [-0.2, -0.15) is 0 Å². The van der Waals surface area contributed by atoms with Gasteiger partial charge in [0.2, 0.25) is 0 Å². The van der Waals surface area contributed by atoms with Gasteiger partial charge in [0.05, 0.1) is 12.7 Å². The number of ether oxygens (including phenoxy) is 1. The van der Waals surface area contributed by atoms with Crippen molar-refractivity contribution in [1.82, 2.24) is 20.4 Å². The number of benzene rings is 1. The summed E-state index contributed by atoms with van der Waals surface area (Å²) in [5, 5.41) is 7.11. The standard InChI is InChI=1S/C22H35N5O.HI/c1-23-22(24-14-21-16-27-11-5-8-20(27)17-28-21)25-19-9-12-26(13-10-19)15-18-6-3-2-4-7-18;/h2-4,6-7,19-21H,5,8-17H2,1H3,(H2,23,24,25);1H. The number of morpholine rings is 1. The molecule has 0 radical (unpaired) electrons. The highest BCUT2D eigenvalue weighted by atomic mass is 127. The molecular weight excluding hydrogens is 477 g/mol. The van der Waals surface area contributed by atoms with Gasteiger partial charge in [-0.3, -0.25) is 14.8 Å². The van der Waals surface area contributed by atoms with Gasteiger partial charge in [0.15, 0.2) is 5.96 Å². The van der Waals surface area contributed by atoms with E-state index in [4.69, 9.17) is 4.74 Å². The van der Waals surface area contributed by atoms with Crippen LogP contribution in [0.15, 0.2) is 35.3 Å². The fourth-order valence-corrected chi connectivity index (χ4v) is 4.68. The molecule has 6 nitrogen and oxygen atoms in total. The first-order valence-corrected chi connectivity index (χ1v) is 10.9. The first-order chi connectivity index (χ1) is 13.8. The van der Waals surface area contributed by atoms with E-state index in [1.165, 1.54) is 24.9 Å². The minimum atomic E-state index is 0. The summed E-state index contributed by atoms with van der Waals surface area (Å²) in [6.07, 6.45) is 5.19. The number of halogens is 1. The Kier molecular flexibility index (Phi) is 9.02. The molecule has 3 aliphatic rings. The molecular formula is C22H36IN5O. The molecule has 0 spiro atoms. The number of likely N-dealkylation sites (tertiary alicyclic amines) is 1. The van der Waals surface area contributed by atoms with E-state index >= 15 is 0 Å². The lowest BCUT2D eigenvalue weighted by atomic mass is 10.0. The van der Waals surface area contributed by atoms with Crippen molar-refractivity contribution in [2.75, 3.05) is 46.4 Å². The van der Waals surface area contributed by atoms with Crippen LogP contribution >= 0.6 is 24.0 Å². The number of aliphatic imine (C=N–C) groups is 1. The van der Waals surface area contributed by atoms with Crippen LogP contribution in [0.2, 0.25) is 0 Å². The van der Waals surface area contributed by atoms with Crippen LogP contribution < -0.4 is 10.6 Å². The third-order valence-corrected chi connectivity index (χ3v) is 6.36. The van der Waals surface area contributed by atoms with Gasteiger partial charge in [-0.15, -0.1) is 24.0 Å². The molecule has 4 rings (SSSR count). The Morgan fingerprint density at radius 2 is 1.93 bits per heavy atom. The highest BCUT2D eigenvalue weighted by Gasteiger charge is 2.32. The van der Waals surface area contributed by atoms with Gasteiger partial charge < -0.3 is 15.4 Å². The van der Waals surface area contributed by atoms with Crippen molar-refractivity contribution < 1.29 is 4.74 Å². The maximum Gasteiger partial charge on any atom is 0.191 e. The molecule has 0 aliphatic carbocycles. The number of guanidine groups is 1. The predicted octanol–water partition coefficient (Wildman–Crippen LogP) is 2.30. The van der Waals surface area contributed by atoms with Crippen LogP contribution in [0, 0.1) is 0 Å². The van der Waals surface area contributed by atoms with Crippen LogP contribution in [0.25, 0.3) is 0 Å². The summed E-state index contributed by atoms with van der Waals surface area (Å²) in [7, 11) is 1.86. The summed E-state index contributed by atoms with van der Waals surface area (Å²) < 4.78 is 6.05. The lowest BCUT2D eigenvalue weighted by molar-refractivity contribution is -0.0453. The monoisotopic (exact) mass is 513 g/mol. The summed E-state index contributed by atoms with van der Waals surface area (Å²) in [4.78, 5) is 9.57. The fraction of sp³-hybridized carbons (Fsp3) is 0.682. The molecule has 3 heterocycles. The van der Waals surface area contributed by atoms with E-state index in [1.54, 1.807) is 0 Å². The van der Waals surface area contributed by atoms with Gasteiger partial charge in [0, 0.05) is 51.9 Å². The molecule has 3 fully saturated rings. The van der Waals surface area contributed by atoms with E-state index < -0.39 is 0 Å². The topological polar surface area (TPSA) is 52.1 Å². The van der Waals surface area contributed by atoms with E-state index in [0.717, 1.165) is 58.1 Å². The highest BCUT2D eigenvalue weighted by Crippen LogP contribution is 2.22. The molecule has 29 heavy (non-hydrogen) atoms. The number of fused-ring (bicyclic) bond motifs is 1. The minimum absolute atomic E-state index is 0. The van der Waals surface area contributed by atoms with Crippen LogP contribution in [0.3, 0.4) is 0 Å². The third kappa shape index (κ3) is 6.54. The summed E-state index contributed by atoms with van der Waals surface area (Å²) in [5.41, 5.74) is 1.40. The first-order valence-electron chi connectivity index (χ1n) is 10.9. The van der Waals surface area contributed by atoms with E-state index in [-0.39, 0.29) is 30.1 Å². The fourth-order valence-electron chi connectivity index (χ4n) is 4.68. The maximum absolute atomic E-state index is 6.05. The minimum Gasteiger partial charge on any atom is -0.373 e. The molecule has 3 saturated heterocycles. The Morgan fingerprint density at radius 3 is 2.69 bits per heavy atom.